The molecule has 0 aliphatic heterocycles. The van der Waals surface area contributed by atoms with E-state index in [2.05, 4.69) is 29.5 Å². The van der Waals surface area contributed by atoms with Crippen molar-refractivity contribution in [1.82, 2.24) is 9.55 Å². The Labute approximate surface area is 114 Å². The minimum Gasteiger partial charge on any atom is -0.361 e. The normalized spacial score (nSPS) is 11.7. The van der Waals surface area contributed by atoms with Crippen LogP contribution in [-0.4, -0.2) is 24.2 Å². The number of imidazole rings is 1. The summed E-state index contributed by atoms with van der Waals surface area (Å²) in [6.45, 7) is 15.3. The zero-order valence-electron chi connectivity index (χ0n) is 11.7. The van der Waals surface area contributed by atoms with Crippen LogP contribution in [-0.2, 0) is 11.5 Å². The van der Waals surface area contributed by atoms with E-state index in [1.54, 1.807) is 12.4 Å². The molecule has 0 amide bonds. The van der Waals surface area contributed by atoms with Gasteiger partial charge in [0.05, 0.1) is 23.9 Å². The second-order valence-corrected chi connectivity index (χ2v) is 11.5. The number of aromatic nitrogens is 2. The van der Waals surface area contributed by atoms with Crippen LogP contribution in [0.4, 0.5) is 5.69 Å². The summed E-state index contributed by atoms with van der Waals surface area (Å²) in [5.41, 5.74) is 2.49. The summed E-state index contributed by atoms with van der Waals surface area (Å²) < 4.78 is 7.70. The number of nitrogens with zero attached hydrogens (tertiary/aromatic N) is 3. The number of ether oxygens (including phenoxy) is 1. The van der Waals surface area contributed by atoms with E-state index in [4.69, 9.17) is 11.3 Å². The van der Waals surface area contributed by atoms with E-state index in [1.165, 1.54) is 6.04 Å². The summed E-state index contributed by atoms with van der Waals surface area (Å²) in [4.78, 5) is 7.71. The van der Waals surface area contributed by atoms with Gasteiger partial charge in [-0.15, -0.1) is 0 Å². The molecule has 2 rings (SSSR count). The van der Waals surface area contributed by atoms with Crippen LogP contribution < -0.4 is 0 Å². The van der Waals surface area contributed by atoms with Crippen LogP contribution in [0.1, 0.15) is 0 Å². The van der Waals surface area contributed by atoms with E-state index >= 15 is 0 Å². The average molecular weight is 273 g/mol. The van der Waals surface area contributed by atoms with Gasteiger partial charge >= 0.3 is 0 Å². The van der Waals surface area contributed by atoms with Gasteiger partial charge in [0.1, 0.15) is 6.73 Å². The Balaban J connectivity index is 2.00. The number of hydrogen-bond acceptors (Lipinski definition) is 2. The quantitative estimate of drug-likeness (QED) is 0.470. The molecule has 0 aliphatic rings. The molecular formula is C14H19N3OSi. The first-order valence-electron chi connectivity index (χ1n) is 6.40. The Hall–Kier alpha value is -1.64. The van der Waals surface area contributed by atoms with Gasteiger partial charge < -0.3 is 9.30 Å². The third-order valence-corrected chi connectivity index (χ3v) is 4.66. The van der Waals surface area contributed by atoms with Crippen LogP contribution in [0, 0.1) is 6.57 Å². The van der Waals surface area contributed by atoms with Gasteiger partial charge in [-0.05, 0) is 18.2 Å². The van der Waals surface area contributed by atoms with Crippen molar-refractivity contribution in [3.05, 3.63) is 35.9 Å². The molecule has 0 saturated carbocycles. The molecule has 1 heterocycles. The molecule has 5 heteroatoms. The third kappa shape index (κ3) is 3.66. The molecule has 1 aromatic carbocycles. The van der Waals surface area contributed by atoms with E-state index in [9.17, 15) is 0 Å². The largest absolute Gasteiger partial charge is 0.361 e. The summed E-state index contributed by atoms with van der Waals surface area (Å²) in [5, 5.41) is 0. The van der Waals surface area contributed by atoms with Crippen molar-refractivity contribution in [3.63, 3.8) is 0 Å². The summed E-state index contributed by atoms with van der Waals surface area (Å²) in [6, 6.07) is 6.72. The fourth-order valence-corrected chi connectivity index (χ4v) is 2.52. The van der Waals surface area contributed by atoms with Crippen molar-refractivity contribution in [2.75, 3.05) is 6.61 Å². The molecule has 19 heavy (non-hydrogen) atoms. The lowest BCUT2D eigenvalue weighted by Gasteiger charge is -2.15. The maximum absolute atomic E-state index is 6.99. The maximum Gasteiger partial charge on any atom is 0.189 e. The highest BCUT2D eigenvalue weighted by atomic mass is 28.3. The predicted octanol–water partition coefficient (Wildman–Crippen LogP) is 3.90. The first-order valence-corrected chi connectivity index (χ1v) is 10.1. The van der Waals surface area contributed by atoms with Gasteiger partial charge in [-0.2, -0.15) is 0 Å². The summed E-state index contributed by atoms with van der Waals surface area (Å²) in [5.74, 6) is 0. The molecule has 4 nitrogen and oxygen atoms in total. The Morgan fingerprint density at radius 3 is 2.84 bits per heavy atom. The topological polar surface area (TPSA) is 31.4 Å². The highest BCUT2D eigenvalue weighted by Crippen LogP contribution is 2.20. The molecule has 0 aliphatic carbocycles. The molecule has 0 saturated heterocycles. The fraction of sp³-hybridized carbons (Fsp3) is 0.429. The highest BCUT2D eigenvalue weighted by molar-refractivity contribution is 6.76. The Kier molecular flexibility index (Phi) is 4.03. The second kappa shape index (κ2) is 5.55. The standard InChI is InChI=1S/C14H19N3OSi/c1-15-12-5-6-14-13(9-12)16-10-17(14)11-18-7-8-19(2,3)4/h5-6,9-10H,7-8,11H2,2-4H3. The van der Waals surface area contributed by atoms with Crippen molar-refractivity contribution in [1.29, 1.82) is 0 Å². The Bertz CT molecular complexity index is 607. The fourth-order valence-electron chi connectivity index (χ4n) is 1.77. The Morgan fingerprint density at radius 2 is 2.16 bits per heavy atom. The molecule has 0 bridgehead atoms. The second-order valence-electron chi connectivity index (χ2n) is 5.85. The van der Waals surface area contributed by atoms with Gasteiger partial charge in [0, 0.05) is 14.7 Å². The molecule has 0 atom stereocenters. The van der Waals surface area contributed by atoms with Crippen LogP contribution >= 0.6 is 0 Å². The summed E-state index contributed by atoms with van der Waals surface area (Å²) in [7, 11) is -1.03. The first kappa shape index (κ1) is 13.8. The smallest absolute Gasteiger partial charge is 0.189 e. The van der Waals surface area contributed by atoms with Crippen molar-refractivity contribution in [3.8, 4) is 0 Å². The molecule has 0 N–H and O–H groups in total. The zero-order valence-corrected chi connectivity index (χ0v) is 12.7. The van der Waals surface area contributed by atoms with Crippen molar-refractivity contribution in [2.45, 2.75) is 32.4 Å². The molecule has 0 radical (unpaired) electrons. The molecule has 2 aromatic rings. The van der Waals surface area contributed by atoms with Crippen LogP contribution in [0.2, 0.25) is 25.7 Å². The molecule has 100 valence electrons. The minimum absolute atomic E-state index is 0.526. The lowest BCUT2D eigenvalue weighted by atomic mass is 10.3. The molecular weight excluding hydrogens is 254 g/mol. The number of benzene rings is 1. The maximum atomic E-state index is 6.99. The predicted molar refractivity (Wildman–Crippen MR) is 80.1 cm³/mol. The Morgan fingerprint density at radius 1 is 1.37 bits per heavy atom. The number of hydrogen-bond donors (Lipinski definition) is 0. The summed E-state index contributed by atoms with van der Waals surface area (Å²) >= 11 is 0. The SMILES string of the molecule is [C-]#[N+]c1ccc2c(c1)ncn2COCC[Si](C)(C)C. The number of rotatable bonds is 5. The van der Waals surface area contributed by atoms with Gasteiger partial charge in [-0.25, -0.2) is 9.83 Å². The van der Waals surface area contributed by atoms with Gasteiger partial charge in [-0.1, -0.05) is 25.7 Å². The van der Waals surface area contributed by atoms with Crippen LogP contribution in [0.25, 0.3) is 15.9 Å². The van der Waals surface area contributed by atoms with E-state index in [1.807, 2.05) is 16.7 Å². The lowest BCUT2D eigenvalue weighted by molar-refractivity contribution is 0.0898. The van der Waals surface area contributed by atoms with Crippen molar-refractivity contribution >= 4 is 24.8 Å². The summed E-state index contributed by atoms with van der Waals surface area (Å²) in [6.07, 6.45) is 1.77. The van der Waals surface area contributed by atoms with Gasteiger partial charge in [-0.3, -0.25) is 0 Å². The number of fused-ring (bicyclic) bond motifs is 1. The highest BCUT2D eigenvalue weighted by Gasteiger charge is 2.12. The van der Waals surface area contributed by atoms with Crippen LogP contribution in [0.3, 0.4) is 0 Å². The molecule has 1 aromatic heterocycles. The van der Waals surface area contributed by atoms with Gasteiger partial charge in [0.15, 0.2) is 5.69 Å². The third-order valence-electron chi connectivity index (χ3n) is 2.96. The minimum atomic E-state index is -1.03. The molecule has 0 spiro atoms. The van der Waals surface area contributed by atoms with Crippen molar-refractivity contribution in [2.24, 2.45) is 0 Å². The van der Waals surface area contributed by atoms with Gasteiger partial charge in [0.2, 0.25) is 0 Å². The van der Waals surface area contributed by atoms with E-state index in [0.29, 0.717) is 12.4 Å². The monoisotopic (exact) mass is 273 g/mol. The van der Waals surface area contributed by atoms with Gasteiger partial charge in [0.25, 0.3) is 0 Å². The van der Waals surface area contributed by atoms with E-state index < -0.39 is 8.07 Å². The first-order chi connectivity index (χ1) is 8.99. The molecule has 0 fully saturated rings. The van der Waals surface area contributed by atoms with Crippen LogP contribution in [0.15, 0.2) is 24.5 Å². The van der Waals surface area contributed by atoms with Crippen LogP contribution in [0.5, 0.6) is 0 Å². The molecule has 0 unspecified atom stereocenters. The van der Waals surface area contributed by atoms with Crippen molar-refractivity contribution < 1.29 is 4.74 Å². The zero-order chi connectivity index (χ0) is 13.9. The average Bonchev–Trinajstić information content (AvgIpc) is 2.75. The lowest BCUT2D eigenvalue weighted by Crippen LogP contribution is -2.21. The van der Waals surface area contributed by atoms with E-state index in [0.717, 1.165) is 17.6 Å². The van der Waals surface area contributed by atoms with E-state index in [-0.39, 0.29) is 0 Å².